The van der Waals surface area contributed by atoms with Crippen molar-refractivity contribution in [2.75, 3.05) is 108 Å². The van der Waals surface area contributed by atoms with Crippen LogP contribution in [-0.2, 0) is 48.6 Å². The fourth-order valence-corrected chi connectivity index (χ4v) is 8.92. The van der Waals surface area contributed by atoms with Crippen LogP contribution in [0.1, 0.15) is 11.8 Å². The molecule has 0 aliphatic carbocycles. The molecule has 2 fully saturated rings. The van der Waals surface area contributed by atoms with E-state index in [1.165, 1.54) is 10.9 Å². The second-order valence-corrected chi connectivity index (χ2v) is 17.6. The van der Waals surface area contributed by atoms with Gasteiger partial charge in [0.1, 0.15) is 30.7 Å². The van der Waals surface area contributed by atoms with E-state index in [0.717, 1.165) is 24.3 Å². The highest BCUT2D eigenvalue weighted by Crippen LogP contribution is 2.55. The number of hydrogen-bond acceptors (Lipinski definition) is 16. The quantitative estimate of drug-likeness (QED) is 0.0393. The van der Waals surface area contributed by atoms with Crippen molar-refractivity contribution in [3.63, 3.8) is 0 Å². The first kappa shape index (κ1) is 45.6. The zero-order valence-electron chi connectivity index (χ0n) is 30.8. The van der Waals surface area contributed by atoms with Gasteiger partial charge in [-0.1, -0.05) is 23.6 Å². The number of hydrogen-bond donors (Lipinski definition) is 5. The Hall–Kier alpha value is -2.51. The van der Waals surface area contributed by atoms with Gasteiger partial charge in [0, 0.05) is 36.9 Å². The van der Waals surface area contributed by atoms with Gasteiger partial charge in [0.25, 0.3) is 0 Å². The van der Waals surface area contributed by atoms with Crippen molar-refractivity contribution in [3.05, 3.63) is 40.3 Å². The predicted octanol–water partition coefficient (Wildman–Crippen LogP) is 1.63. The third-order valence-electron chi connectivity index (χ3n) is 8.67. The van der Waals surface area contributed by atoms with E-state index in [9.17, 15) is 24.2 Å². The molecule has 2 saturated heterocycles. The van der Waals surface area contributed by atoms with Crippen molar-refractivity contribution in [1.29, 1.82) is 0 Å². The minimum absolute atomic E-state index is 0.120. The van der Waals surface area contributed by atoms with E-state index >= 15 is 0 Å². The summed E-state index contributed by atoms with van der Waals surface area (Å²) in [4.78, 5) is 41.0. The molecule has 0 spiro atoms. The summed E-state index contributed by atoms with van der Waals surface area (Å²) in [6, 6.07) is 5.81. The molecule has 24 heteroatoms. The van der Waals surface area contributed by atoms with E-state index in [1.807, 2.05) is 23.1 Å². The smallest absolute Gasteiger partial charge is 0.340 e. The normalized spacial score (nSPS) is 21.2. The van der Waals surface area contributed by atoms with Crippen LogP contribution in [-0.4, -0.2) is 161 Å². The molecule has 4 heterocycles. The van der Waals surface area contributed by atoms with Gasteiger partial charge in [0.05, 0.1) is 77.7 Å². The monoisotopic (exact) mass is 882 g/mol. The first-order chi connectivity index (χ1) is 27.3. The zero-order chi connectivity index (χ0) is 41.0. The highest BCUT2D eigenvalue weighted by molar-refractivity contribution is 7.70. The largest absolute Gasteiger partial charge is 0.387 e. The van der Waals surface area contributed by atoms with Gasteiger partial charge in [-0.05, 0) is 29.3 Å². The van der Waals surface area contributed by atoms with Gasteiger partial charge in [-0.3, -0.25) is 9.13 Å². The van der Waals surface area contributed by atoms with E-state index in [1.54, 1.807) is 0 Å². The molecule has 20 nitrogen and oxygen atoms in total. The fourth-order valence-electron chi connectivity index (χ4n) is 5.96. The Labute approximate surface area is 338 Å². The third kappa shape index (κ3) is 13.5. The Morgan fingerprint density at radius 3 is 2.26 bits per heavy atom. The van der Waals surface area contributed by atoms with Crippen molar-refractivity contribution in [3.8, 4) is 12.3 Å². The van der Waals surface area contributed by atoms with Crippen LogP contribution in [0.3, 0.4) is 0 Å². The number of fused-ring (bicyclic) bond motifs is 1. The summed E-state index contributed by atoms with van der Waals surface area (Å²) in [5.74, 6) is 1.30. The molecule has 3 aromatic rings. The summed E-state index contributed by atoms with van der Waals surface area (Å²) in [5.41, 5.74) is 1.86. The highest BCUT2D eigenvalue weighted by atomic mass is 35.5. The van der Waals surface area contributed by atoms with Crippen molar-refractivity contribution >= 4 is 60.9 Å². The standard InChI is InChI=1S/C33H46Cl2N6O14P2/c1-2-8-49-12-14-52-16-17-53-15-13-51-11-7-40(20-23-3-4-24(18-26(23)34)39-5-9-50-10-6-39)30-25-19-36-41(31(25)38-33(35)37-30)32-29(43)28(42)27(55-32)21-54-57(47,48)22-56(44,45)46/h1,3-4,18-19,27-29,32,42-43H,5-17,20-22H2,(H,47,48)(H2,44,45,46)/t27-,28-,29-,32-/m1/s1. The maximum Gasteiger partial charge on any atom is 0.340 e. The van der Waals surface area contributed by atoms with Gasteiger partial charge in [0.15, 0.2) is 17.8 Å². The molecule has 5 atom stereocenters. The van der Waals surface area contributed by atoms with E-state index in [0.29, 0.717) is 75.6 Å². The maximum atomic E-state index is 12.2. The Bertz CT molecular complexity index is 1900. The van der Waals surface area contributed by atoms with Gasteiger partial charge in [-0.15, -0.1) is 6.42 Å². The van der Waals surface area contributed by atoms with Crippen LogP contribution in [0.25, 0.3) is 11.0 Å². The summed E-state index contributed by atoms with van der Waals surface area (Å²) in [6.07, 6.45) is 0.536. The summed E-state index contributed by atoms with van der Waals surface area (Å²) in [6.45, 7) is 5.14. The Morgan fingerprint density at radius 1 is 0.947 bits per heavy atom. The summed E-state index contributed by atoms with van der Waals surface area (Å²) in [5, 5.41) is 26.8. The van der Waals surface area contributed by atoms with E-state index < -0.39 is 52.2 Å². The van der Waals surface area contributed by atoms with Crippen LogP contribution in [0.15, 0.2) is 24.4 Å². The Balaban J connectivity index is 1.29. The van der Waals surface area contributed by atoms with Crippen LogP contribution in [0, 0.1) is 12.3 Å². The molecule has 57 heavy (non-hydrogen) atoms. The number of anilines is 2. The topological polar surface area (TPSA) is 250 Å². The molecule has 5 rings (SSSR count). The average molecular weight is 884 g/mol. The van der Waals surface area contributed by atoms with Crippen molar-refractivity contribution < 1.29 is 67.0 Å². The first-order valence-electron chi connectivity index (χ1n) is 17.8. The van der Waals surface area contributed by atoms with Crippen molar-refractivity contribution in [2.45, 2.75) is 31.1 Å². The molecular weight excluding hydrogens is 837 g/mol. The number of nitrogens with zero attached hydrogens (tertiary/aromatic N) is 6. The molecule has 5 N–H and O–H groups in total. The van der Waals surface area contributed by atoms with Gasteiger partial charge in [-0.25, -0.2) is 4.68 Å². The van der Waals surface area contributed by atoms with Crippen LogP contribution < -0.4 is 9.80 Å². The molecule has 316 valence electrons. The van der Waals surface area contributed by atoms with Crippen LogP contribution in [0.5, 0.6) is 0 Å². The fraction of sp³-hybridized carbons (Fsp3) is 0.606. The number of aliphatic hydroxyl groups is 2. The number of morpholine rings is 1. The molecule has 0 bridgehead atoms. The number of benzene rings is 1. The summed E-state index contributed by atoms with van der Waals surface area (Å²) < 4.78 is 62.8. The molecule has 0 amide bonds. The molecule has 2 aliphatic rings. The van der Waals surface area contributed by atoms with E-state index in [4.69, 9.17) is 72.4 Å². The minimum atomic E-state index is -4.90. The number of aliphatic hydroxyl groups excluding tert-OH is 2. The van der Waals surface area contributed by atoms with Gasteiger partial charge < -0.3 is 67.6 Å². The minimum Gasteiger partial charge on any atom is -0.387 e. The van der Waals surface area contributed by atoms with Gasteiger partial charge in [0.2, 0.25) is 5.28 Å². The lowest BCUT2D eigenvalue weighted by Gasteiger charge is -2.30. The van der Waals surface area contributed by atoms with E-state index in [2.05, 4.69) is 25.9 Å². The van der Waals surface area contributed by atoms with Crippen LogP contribution in [0.4, 0.5) is 11.5 Å². The van der Waals surface area contributed by atoms with Crippen molar-refractivity contribution in [2.24, 2.45) is 0 Å². The summed E-state index contributed by atoms with van der Waals surface area (Å²) in [7, 11) is -9.68. The summed E-state index contributed by atoms with van der Waals surface area (Å²) >= 11 is 13.3. The lowest BCUT2D eigenvalue weighted by molar-refractivity contribution is -0.0541. The Morgan fingerprint density at radius 2 is 1.61 bits per heavy atom. The second kappa shape index (κ2) is 21.7. The Kier molecular flexibility index (Phi) is 17.3. The molecule has 1 unspecified atom stereocenters. The van der Waals surface area contributed by atoms with Crippen LogP contribution >= 0.6 is 38.4 Å². The van der Waals surface area contributed by atoms with Crippen molar-refractivity contribution in [1.82, 2.24) is 19.7 Å². The third-order valence-corrected chi connectivity index (χ3v) is 12.6. The molecule has 2 aromatic heterocycles. The molecule has 1 aromatic carbocycles. The predicted molar refractivity (Wildman–Crippen MR) is 207 cm³/mol. The lowest BCUT2D eigenvalue weighted by atomic mass is 10.1. The molecule has 0 radical (unpaired) electrons. The number of terminal acetylenes is 1. The maximum absolute atomic E-state index is 12.2. The molecule has 2 aliphatic heterocycles. The lowest BCUT2D eigenvalue weighted by Crippen LogP contribution is -2.36. The molecular formula is C33H46Cl2N6O14P2. The van der Waals surface area contributed by atoms with Crippen LogP contribution in [0.2, 0.25) is 10.3 Å². The highest BCUT2D eigenvalue weighted by Gasteiger charge is 2.46. The number of ether oxygens (including phenoxy) is 6. The number of halogens is 2. The number of aromatic nitrogens is 4. The van der Waals surface area contributed by atoms with Gasteiger partial charge >= 0.3 is 15.2 Å². The zero-order valence-corrected chi connectivity index (χ0v) is 34.1. The van der Waals surface area contributed by atoms with E-state index in [-0.39, 0.29) is 30.7 Å². The average Bonchev–Trinajstić information content (AvgIpc) is 3.71. The first-order valence-corrected chi connectivity index (χ1v) is 22.1. The second-order valence-electron chi connectivity index (χ2n) is 12.8. The number of rotatable bonds is 23. The SMILES string of the molecule is C#CCOCCOCCOCCOCCN(Cc1ccc(N2CCOCC2)cc1Cl)c1nc(Cl)nc2c1cnn2[C@@H]1O[C@H](COP(=O)(O)CP(=O)(O)O)[C@@H](O)[C@H]1O. The van der Waals surface area contributed by atoms with Gasteiger partial charge in [-0.2, -0.15) is 15.1 Å². The molecule has 0 saturated carbocycles.